The lowest BCUT2D eigenvalue weighted by atomic mass is 10.0. The van der Waals surface area contributed by atoms with Gasteiger partial charge in [0.25, 0.3) is 5.91 Å². The van der Waals surface area contributed by atoms with Crippen LogP contribution in [0.2, 0.25) is 5.02 Å². The van der Waals surface area contributed by atoms with Crippen molar-refractivity contribution < 1.29 is 9.90 Å². The van der Waals surface area contributed by atoms with E-state index >= 15 is 0 Å². The van der Waals surface area contributed by atoms with Crippen molar-refractivity contribution >= 4 is 40.2 Å². The summed E-state index contributed by atoms with van der Waals surface area (Å²) in [5, 5.41) is 19.6. The number of halogens is 1. The minimum absolute atomic E-state index is 0.106. The highest BCUT2D eigenvalue weighted by molar-refractivity contribution is 6.30. The minimum Gasteiger partial charge on any atom is -0.507 e. The van der Waals surface area contributed by atoms with Gasteiger partial charge in [-0.15, -0.1) is 0 Å². The number of aromatic hydroxyl groups is 1. The van der Waals surface area contributed by atoms with Gasteiger partial charge in [-0.25, -0.2) is 5.43 Å². The topological polar surface area (TPSA) is 73.7 Å². The quantitative estimate of drug-likeness (QED) is 0.468. The number of rotatable bonds is 5. The molecule has 0 bridgehead atoms. The third-order valence-corrected chi connectivity index (χ3v) is 4.19. The largest absolute Gasteiger partial charge is 0.507 e. The Balaban J connectivity index is 1.67. The molecule has 0 saturated heterocycles. The predicted octanol–water partition coefficient (Wildman–Crippen LogP) is 4.15. The van der Waals surface area contributed by atoms with E-state index in [0.29, 0.717) is 10.6 Å². The Morgan fingerprint density at radius 2 is 1.85 bits per heavy atom. The summed E-state index contributed by atoms with van der Waals surface area (Å²) in [4.78, 5) is 12.2. The summed E-state index contributed by atoms with van der Waals surface area (Å²) in [6, 6.07) is 17.7. The second-order valence-corrected chi connectivity index (χ2v) is 6.26. The Morgan fingerprint density at radius 1 is 1.12 bits per heavy atom. The number of anilines is 1. The van der Waals surface area contributed by atoms with E-state index in [2.05, 4.69) is 15.8 Å². The number of hydrogen-bond acceptors (Lipinski definition) is 4. The van der Waals surface area contributed by atoms with Crippen LogP contribution in [0.3, 0.4) is 0 Å². The lowest BCUT2D eigenvalue weighted by Gasteiger charge is -2.13. The van der Waals surface area contributed by atoms with Crippen LogP contribution in [0.15, 0.2) is 65.8 Å². The number of nitrogens with zero attached hydrogens (tertiary/aromatic N) is 1. The number of amides is 1. The molecular weight excluding hydrogens is 350 g/mol. The van der Waals surface area contributed by atoms with E-state index in [0.717, 1.165) is 16.5 Å². The van der Waals surface area contributed by atoms with Gasteiger partial charge in [-0.2, -0.15) is 5.10 Å². The second-order valence-electron chi connectivity index (χ2n) is 5.83. The molecule has 0 heterocycles. The van der Waals surface area contributed by atoms with Crippen LogP contribution in [0.25, 0.3) is 10.8 Å². The molecule has 0 saturated carbocycles. The summed E-state index contributed by atoms with van der Waals surface area (Å²) in [7, 11) is 0. The van der Waals surface area contributed by atoms with Gasteiger partial charge in [-0.05, 0) is 48.0 Å². The first-order valence-corrected chi connectivity index (χ1v) is 8.48. The van der Waals surface area contributed by atoms with Crippen molar-refractivity contribution in [1.82, 2.24) is 5.43 Å². The van der Waals surface area contributed by atoms with E-state index in [1.54, 1.807) is 37.3 Å². The Morgan fingerprint density at radius 3 is 2.62 bits per heavy atom. The Bertz CT molecular complexity index is 955. The lowest BCUT2D eigenvalue weighted by Crippen LogP contribution is -2.34. The predicted molar refractivity (Wildman–Crippen MR) is 106 cm³/mol. The van der Waals surface area contributed by atoms with Crippen LogP contribution >= 0.6 is 11.6 Å². The molecule has 0 aromatic heterocycles. The fourth-order valence-corrected chi connectivity index (χ4v) is 2.66. The highest BCUT2D eigenvalue weighted by Gasteiger charge is 2.12. The zero-order chi connectivity index (χ0) is 18.5. The highest BCUT2D eigenvalue weighted by Crippen LogP contribution is 2.25. The van der Waals surface area contributed by atoms with Crippen LogP contribution in [0.5, 0.6) is 5.75 Å². The Hall–Kier alpha value is -3.05. The molecule has 0 aliphatic rings. The van der Waals surface area contributed by atoms with Crippen LogP contribution < -0.4 is 10.7 Å². The van der Waals surface area contributed by atoms with Gasteiger partial charge in [-0.1, -0.05) is 41.9 Å². The van der Waals surface area contributed by atoms with E-state index in [4.69, 9.17) is 11.6 Å². The van der Waals surface area contributed by atoms with Crippen molar-refractivity contribution in [3.05, 3.63) is 71.2 Å². The third kappa shape index (κ3) is 4.13. The van der Waals surface area contributed by atoms with Crippen molar-refractivity contribution in [2.24, 2.45) is 5.10 Å². The van der Waals surface area contributed by atoms with Crippen molar-refractivity contribution in [2.75, 3.05) is 5.32 Å². The van der Waals surface area contributed by atoms with Gasteiger partial charge in [0.05, 0.1) is 6.21 Å². The average Bonchev–Trinajstić information content (AvgIpc) is 2.65. The monoisotopic (exact) mass is 367 g/mol. The van der Waals surface area contributed by atoms with Crippen molar-refractivity contribution in [2.45, 2.75) is 13.0 Å². The smallest absolute Gasteiger partial charge is 0.262 e. The number of phenolic OH excluding ortho intramolecular Hbond substituents is 1. The van der Waals surface area contributed by atoms with E-state index in [9.17, 15) is 9.90 Å². The fraction of sp³-hybridized carbons (Fsp3) is 0.100. The fourth-order valence-electron chi connectivity index (χ4n) is 2.54. The normalized spacial score (nSPS) is 12.2. The molecule has 0 radical (unpaired) electrons. The molecule has 3 rings (SSSR count). The van der Waals surface area contributed by atoms with Crippen LogP contribution in [-0.2, 0) is 4.79 Å². The number of fused-ring (bicyclic) bond motifs is 1. The summed E-state index contributed by atoms with van der Waals surface area (Å²) >= 11 is 5.85. The molecule has 0 spiro atoms. The van der Waals surface area contributed by atoms with Crippen LogP contribution in [0.1, 0.15) is 12.5 Å². The number of hydrogen-bond donors (Lipinski definition) is 3. The van der Waals surface area contributed by atoms with Crippen LogP contribution in [-0.4, -0.2) is 23.3 Å². The van der Waals surface area contributed by atoms with Crippen molar-refractivity contribution in [3.8, 4) is 5.75 Å². The summed E-state index contributed by atoms with van der Waals surface area (Å²) in [6.07, 6.45) is 1.45. The highest BCUT2D eigenvalue weighted by atomic mass is 35.5. The molecule has 0 aliphatic heterocycles. The molecular formula is C20H18ClN3O2. The van der Waals surface area contributed by atoms with Gasteiger partial charge < -0.3 is 10.4 Å². The van der Waals surface area contributed by atoms with Gasteiger partial charge in [-0.3, -0.25) is 4.79 Å². The maximum absolute atomic E-state index is 12.2. The molecule has 3 N–H and O–H groups in total. The van der Waals surface area contributed by atoms with Crippen molar-refractivity contribution in [1.29, 1.82) is 0 Å². The molecule has 26 heavy (non-hydrogen) atoms. The van der Waals surface area contributed by atoms with E-state index in [1.807, 2.05) is 30.3 Å². The molecule has 0 aliphatic carbocycles. The van der Waals surface area contributed by atoms with Crippen LogP contribution in [0, 0.1) is 0 Å². The number of benzene rings is 3. The lowest BCUT2D eigenvalue weighted by molar-refractivity contribution is -0.121. The zero-order valence-electron chi connectivity index (χ0n) is 14.1. The zero-order valence-corrected chi connectivity index (χ0v) is 14.9. The second kappa shape index (κ2) is 7.89. The van der Waals surface area contributed by atoms with E-state index < -0.39 is 6.04 Å². The number of nitrogens with one attached hydrogen (secondary N) is 2. The number of carbonyl (C=O) groups is 1. The first kappa shape index (κ1) is 17.8. The van der Waals surface area contributed by atoms with Gasteiger partial charge >= 0.3 is 0 Å². The SMILES string of the molecule is CC(Nc1ccc(Cl)cc1)C(=O)NN=Cc1c(O)ccc2ccccc12. The molecule has 0 fully saturated rings. The number of hydrazone groups is 1. The van der Waals surface area contributed by atoms with Gasteiger partial charge in [0.2, 0.25) is 0 Å². The van der Waals surface area contributed by atoms with Crippen LogP contribution in [0.4, 0.5) is 5.69 Å². The molecule has 3 aromatic rings. The van der Waals surface area contributed by atoms with Gasteiger partial charge in [0, 0.05) is 16.3 Å². The molecule has 1 amide bonds. The third-order valence-electron chi connectivity index (χ3n) is 3.94. The van der Waals surface area contributed by atoms with Crippen molar-refractivity contribution in [3.63, 3.8) is 0 Å². The van der Waals surface area contributed by atoms with Gasteiger partial charge in [0.1, 0.15) is 11.8 Å². The summed E-state index contributed by atoms with van der Waals surface area (Å²) in [5.74, 6) is -0.190. The molecule has 5 nitrogen and oxygen atoms in total. The Labute approximate surface area is 156 Å². The molecule has 1 unspecified atom stereocenters. The molecule has 6 heteroatoms. The average molecular weight is 368 g/mol. The summed E-state index contributed by atoms with van der Waals surface area (Å²) < 4.78 is 0. The first-order valence-electron chi connectivity index (χ1n) is 8.10. The minimum atomic E-state index is -0.491. The molecule has 1 atom stereocenters. The number of phenols is 1. The molecule has 3 aromatic carbocycles. The first-order chi connectivity index (χ1) is 12.5. The maximum Gasteiger partial charge on any atom is 0.262 e. The maximum atomic E-state index is 12.2. The summed E-state index contributed by atoms with van der Waals surface area (Å²) in [5.41, 5.74) is 3.83. The van der Waals surface area contributed by atoms with E-state index in [-0.39, 0.29) is 11.7 Å². The Kier molecular flexibility index (Phi) is 5.39. The van der Waals surface area contributed by atoms with Gasteiger partial charge in [0.15, 0.2) is 0 Å². The summed E-state index contributed by atoms with van der Waals surface area (Å²) in [6.45, 7) is 1.73. The molecule has 132 valence electrons. The standard InChI is InChI=1S/C20H18ClN3O2/c1-13(23-16-9-7-15(21)8-10-16)20(26)24-22-12-18-17-5-3-2-4-14(17)6-11-19(18)25/h2-13,23,25H,1H3,(H,24,26). The van der Waals surface area contributed by atoms with E-state index in [1.165, 1.54) is 6.21 Å². The number of carbonyl (C=O) groups excluding carboxylic acids is 1.